The Morgan fingerprint density at radius 3 is 2.21 bits per heavy atom. The Morgan fingerprint density at radius 1 is 0.731 bits per heavy atom. The smallest absolute Gasteiger partial charge is 0.251 e. The van der Waals surface area contributed by atoms with Gasteiger partial charge in [-0.25, -0.2) is 0 Å². The molecule has 5 atom stereocenters. The standard InChI is InChI=1S/C46H46N2O4/c1-31-43(29-48(3)32(2)38-24-23-35-12-7-8-15-40(35)26-38)51-46(52-44(31)36-21-19-33(30-49)20-22-36)42-18-10-17-41(27-42)39-16-9-11-34(25-39)28-47-45(50)37-13-5-4-6-14-37/h4-27,31-32,43-44,46,49H,28-30H2,1-3H3,(H,47,50)/t31-,32-,43+,44+,46+/m1/s1. The molecule has 0 aliphatic carbocycles. The fourth-order valence-electron chi connectivity index (χ4n) is 7.09. The lowest BCUT2D eigenvalue weighted by molar-refractivity contribution is -0.276. The van der Waals surface area contributed by atoms with Crippen LogP contribution in [0.25, 0.3) is 21.9 Å². The van der Waals surface area contributed by atoms with E-state index < -0.39 is 6.29 Å². The summed E-state index contributed by atoms with van der Waals surface area (Å²) in [4.78, 5) is 15.0. The zero-order chi connectivity index (χ0) is 36.0. The zero-order valence-electron chi connectivity index (χ0n) is 30.0. The number of rotatable bonds is 11. The topological polar surface area (TPSA) is 71.0 Å². The average Bonchev–Trinajstić information content (AvgIpc) is 3.20. The molecule has 0 aromatic heterocycles. The number of hydrogen-bond donors (Lipinski definition) is 2. The van der Waals surface area contributed by atoms with Crippen LogP contribution in [0.3, 0.4) is 0 Å². The first-order valence-corrected chi connectivity index (χ1v) is 18.1. The van der Waals surface area contributed by atoms with Crippen molar-refractivity contribution in [2.75, 3.05) is 13.6 Å². The van der Waals surface area contributed by atoms with Crippen molar-refractivity contribution < 1.29 is 19.4 Å². The molecule has 1 fully saturated rings. The van der Waals surface area contributed by atoms with Gasteiger partial charge in [0.25, 0.3) is 5.91 Å². The van der Waals surface area contributed by atoms with E-state index in [1.807, 2.05) is 60.7 Å². The summed E-state index contributed by atoms with van der Waals surface area (Å²) < 4.78 is 13.7. The molecule has 52 heavy (non-hydrogen) atoms. The van der Waals surface area contributed by atoms with Crippen LogP contribution in [0, 0.1) is 5.92 Å². The number of carbonyl (C=O) groups excluding carboxylic acids is 1. The fraction of sp³-hybridized carbons (Fsp3) is 0.239. The third-order valence-electron chi connectivity index (χ3n) is 10.4. The van der Waals surface area contributed by atoms with Crippen molar-refractivity contribution in [1.29, 1.82) is 0 Å². The Morgan fingerprint density at radius 2 is 1.44 bits per heavy atom. The summed E-state index contributed by atoms with van der Waals surface area (Å²) in [5, 5.41) is 15.2. The molecule has 6 nitrogen and oxygen atoms in total. The van der Waals surface area contributed by atoms with Gasteiger partial charge in [-0.05, 0) is 88.5 Å². The van der Waals surface area contributed by atoms with E-state index in [0.29, 0.717) is 12.1 Å². The number of benzene rings is 6. The van der Waals surface area contributed by atoms with Crippen LogP contribution >= 0.6 is 0 Å². The molecule has 6 aromatic carbocycles. The summed E-state index contributed by atoms with van der Waals surface area (Å²) >= 11 is 0. The molecule has 0 unspecified atom stereocenters. The number of aliphatic hydroxyl groups excluding tert-OH is 1. The van der Waals surface area contributed by atoms with Gasteiger partial charge >= 0.3 is 0 Å². The van der Waals surface area contributed by atoms with Crippen molar-refractivity contribution in [3.05, 3.63) is 179 Å². The number of hydrogen-bond acceptors (Lipinski definition) is 5. The van der Waals surface area contributed by atoms with E-state index in [4.69, 9.17) is 9.47 Å². The molecule has 2 N–H and O–H groups in total. The second-order valence-electron chi connectivity index (χ2n) is 13.9. The van der Waals surface area contributed by atoms with Crippen LogP contribution in [0.4, 0.5) is 0 Å². The lowest BCUT2D eigenvalue weighted by Crippen LogP contribution is -2.44. The molecule has 1 aliphatic heterocycles. The van der Waals surface area contributed by atoms with Gasteiger partial charge in [0, 0.05) is 36.2 Å². The van der Waals surface area contributed by atoms with E-state index in [-0.39, 0.29) is 36.7 Å². The number of aliphatic hydroxyl groups is 1. The van der Waals surface area contributed by atoms with Gasteiger partial charge in [0.2, 0.25) is 0 Å². The number of nitrogens with zero attached hydrogens (tertiary/aromatic N) is 1. The van der Waals surface area contributed by atoms with Crippen molar-refractivity contribution in [3.8, 4) is 11.1 Å². The molecule has 6 aromatic rings. The van der Waals surface area contributed by atoms with Gasteiger partial charge in [0.15, 0.2) is 6.29 Å². The number of nitrogens with one attached hydrogen (secondary N) is 1. The predicted octanol–water partition coefficient (Wildman–Crippen LogP) is 9.41. The highest BCUT2D eigenvalue weighted by atomic mass is 16.7. The van der Waals surface area contributed by atoms with Crippen LogP contribution in [0.1, 0.15) is 70.5 Å². The number of ether oxygens (including phenoxy) is 2. The summed E-state index contributed by atoms with van der Waals surface area (Å²) in [6.45, 7) is 5.61. The Bertz CT molecular complexity index is 2120. The van der Waals surface area contributed by atoms with Crippen LogP contribution in [0.15, 0.2) is 146 Å². The van der Waals surface area contributed by atoms with Gasteiger partial charge < -0.3 is 19.9 Å². The van der Waals surface area contributed by atoms with Crippen LogP contribution in [-0.2, 0) is 22.6 Å². The molecule has 0 saturated carbocycles. The molecule has 7 rings (SSSR count). The first-order chi connectivity index (χ1) is 25.4. The molecule has 0 radical (unpaired) electrons. The van der Waals surface area contributed by atoms with E-state index in [0.717, 1.165) is 39.9 Å². The summed E-state index contributed by atoms with van der Waals surface area (Å²) in [5.41, 5.74) is 7.90. The maximum Gasteiger partial charge on any atom is 0.251 e. The van der Waals surface area contributed by atoms with Crippen LogP contribution in [0.5, 0.6) is 0 Å². The Labute approximate surface area is 306 Å². The van der Waals surface area contributed by atoms with Gasteiger partial charge in [0.1, 0.15) is 0 Å². The van der Waals surface area contributed by atoms with Crippen molar-refractivity contribution in [1.82, 2.24) is 10.2 Å². The molecule has 1 amide bonds. The van der Waals surface area contributed by atoms with Crippen molar-refractivity contribution >= 4 is 16.7 Å². The van der Waals surface area contributed by atoms with Gasteiger partial charge in [0.05, 0.1) is 18.8 Å². The highest BCUT2D eigenvalue weighted by Gasteiger charge is 2.39. The minimum Gasteiger partial charge on any atom is -0.392 e. The number of fused-ring (bicyclic) bond motifs is 1. The lowest BCUT2D eigenvalue weighted by atomic mass is 9.89. The van der Waals surface area contributed by atoms with E-state index in [2.05, 4.69) is 116 Å². The highest BCUT2D eigenvalue weighted by molar-refractivity contribution is 5.94. The molecule has 0 spiro atoms. The quantitative estimate of drug-likeness (QED) is 0.142. The molecule has 6 heteroatoms. The van der Waals surface area contributed by atoms with E-state index in [1.165, 1.54) is 16.3 Å². The maximum atomic E-state index is 12.7. The number of carbonyl (C=O) groups is 1. The van der Waals surface area contributed by atoms with Crippen LogP contribution < -0.4 is 5.32 Å². The molecule has 1 aliphatic rings. The second kappa shape index (κ2) is 16.1. The van der Waals surface area contributed by atoms with Crippen LogP contribution in [-0.4, -0.2) is 35.6 Å². The van der Waals surface area contributed by atoms with E-state index in [9.17, 15) is 9.90 Å². The molecule has 1 saturated heterocycles. The molecular formula is C46H46N2O4. The third-order valence-corrected chi connectivity index (χ3v) is 10.4. The van der Waals surface area contributed by atoms with Gasteiger partial charge in [-0.2, -0.15) is 0 Å². The third kappa shape index (κ3) is 8.01. The SMILES string of the molecule is C[C@@H]1[C@H](CN(C)[C@H](C)c2ccc3ccccc3c2)O[C@H](c2cccc(-c3cccc(CNC(=O)c4ccccc4)c3)c2)O[C@@H]1c1ccc(CO)cc1. The molecule has 264 valence electrons. The first-order valence-electron chi connectivity index (χ1n) is 18.1. The van der Waals surface area contributed by atoms with Gasteiger partial charge in [-0.1, -0.05) is 122 Å². The van der Waals surface area contributed by atoms with E-state index in [1.54, 1.807) is 0 Å². The average molecular weight is 691 g/mol. The first kappa shape index (κ1) is 35.3. The largest absolute Gasteiger partial charge is 0.392 e. The van der Waals surface area contributed by atoms with Gasteiger partial charge in [-0.15, -0.1) is 0 Å². The normalized spacial score (nSPS) is 19.4. The minimum absolute atomic E-state index is 0.000558. The number of likely N-dealkylation sites (N-methyl/N-ethyl adjacent to an activating group) is 1. The second-order valence-corrected chi connectivity index (χ2v) is 13.9. The van der Waals surface area contributed by atoms with Crippen molar-refractivity contribution in [2.45, 2.75) is 51.5 Å². The molecule has 1 heterocycles. The zero-order valence-corrected chi connectivity index (χ0v) is 30.0. The summed E-state index contributed by atoms with van der Waals surface area (Å²) in [7, 11) is 2.17. The Balaban J connectivity index is 1.12. The fourth-order valence-corrected chi connectivity index (χ4v) is 7.09. The minimum atomic E-state index is -0.582. The Hall–Kier alpha value is -5.11. The molecule has 0 bridgehead atoms. The Kier molecular flexibility index (Phi) is 10.9. The van der Waals surface area contributed by atoms with Crippen molar-refractivity contribution in [2.24, 2.45) is 5.92 Å². The van der Waals surface area contributed by atoms with Crippen molar-refractivity contribution in [3.63, 3.8) is 0 Å². The summed E-state index contributed by atoms with van der Waals surface area (Å²) in [6.07, 6.45) is -0.906. The summed E-state index contributed by atoms with van der Waals surface area (Å²) in [5.74, 6) is -0.0327. The number of amides is 1. The van der Waals surface area contributed by atoms with Gasteiger partial charge in [-0.3, -0.25) is 9.69 Å². The predicted molar refractivity (Wildman–Crippen MR) is 207 cm³/mol. The molecular weight excluding hydrogens is 645 g/mol. The maximum absolute atomic E-state index is 12.7. The monoisotopic (exact) mass is 690 g/mol. The highest BCUT2D eigenvalue weighted by Crippen LogP contribution is 2.43. The van der Waals surface area contributed by atoms with E-state index >= 15 is 0 Å². The summed E-state index contributed by atoms with van der Waals surface area (Å²) in [6, 6.07) is 49.3. The van der Waals surface area contributed by atoms with Crippen LogP contribution in [0.2, 0.25) is 0 Å². The lowest BCUT2D eigenvalue weighted by Gasteiger charge is -2.43.